The zero-order chi connectivity index (χ0) is 14.5. The molecule has 0 saturated heterocycles. The van der Waals surface area contributed by atoms with Crippen molar-refractivity contribution in [1.82, 2.24) is 4.98 Å². The molecule has 0 unspecified atom stereocenters. The zero-order valence-corrected chi connectivity index (χ0v) is 10.7. The minimum absolute atomic E-state index is 0.267. The number of carboxylic acid groups (broad SMARTS) is 1. The maximum atomic E-state index is 13.9. The molecule has 20 heavy (non-hydrogen) atoms. The Hall–Kier alpha value is -2.63. The SMILES string of the molecule is CCOc1ccccc1Oc1nccc(C(=O)O)c1F. The summed E-state index contributed by atoms with van der Waals surface area (Å²) in [6, 6.07) is 7.75. The van der Waals surface area contributed by atoms with Crippen molar-refractivity contribution in [3.05, 3.63) is 47.9 Å². The first kappa shape index (κ1) is 13.8. The van der Waals surface area contributed by atoms with E-state index in [1.54, 1.807) is 31.2 Å². The maximum absolute atomic E-state index is 13.9. The Morgan fingerprint density at radius 2 is 2.00 bits per heavy atom. The fourth-order valence-corrected chi connectivity index (χ4v) is 1.57. The normalized spacial score (nSPS) is 10.1. The van der Waals surface area contributed by atoms with Crippen LogP contribution in [-0.2, 0) is 0 Å². The Morgan fingerprint density at radius 1 is 1.30 bits per heavy atom. The predicted molar refractivity (Wildman–Crippen MR) is 68.8 cm³/mol. The molecule has 0 aliphatic carbocycles. The summed E-state index contributed by atoms with van der Waals surface area (Å²) in [6.07, 6.45) is 1.17. The number of carboxylic acids is 1. The third-order valence-corrected chi connectivity index (χ3v) is 2.44. The van der Waals surface area contributed by atoms with E-state index in [1.807, 2.05) is 0 Å². The predicted octanol–water partition coefficient (Wildman–Crippen LogP) is 3.11. The van der Waals surface area contributed by atoms with E-state index in [-0.39, 0.29) is 5.75 Å². The minimum atomic E-state index is -1.38. The van der Waals surface area contributed by atoms with Gasteiger partial charge in [0.15, 0.2) is 17.3 Å². The van der Waals surface area contributed by atoms with Crippen LogP contribution in [0.1, 0.15) is 17.3 Å². The van der Waals surface area contributed by atoms with Crippen LogP contribution in [0.2, 0.25) is 0 Å². The van der Waals surface area contributed by atoms with Crippen molar-refractivity contribution in [2.24, 2.45) is 0 Å². The molecule has 2 rings (SSSR count). The average molecular weight is 277 g/mol. The van der Waals surface area contributed by atoms with E-state index >= 15 is 0 Å². The van der Waals surface area contributed by atoms with Gasteiger partial charge in [-0.3, -0.25) is 0 Å². The van der Waals surface area contributed by atoms with Gasteiger partial charge in [-0.1, -0.05) is 12.1 Å². The van der Waals surface area contributed by atoms with Gasteiger partial charge in [0.05, 0.1) is 6.61 Å². The summed E-state index contributed by atoms with van der Waals surface area (Å²) < 4.78 is 24.6. The van der Waals surface area contributed by atoms with Crippen molar-refractivity contribution in [1.29, 1.82) is 0 Å². The first-order valence-electron chi connectivity index (χ1n) is 5.91. The summed E-state index contributed by atoms with van der Waals surface area (Å²) in [5.41, 5.74) is -0.496. The standard InChI is InChI=1S/C14H12FNO4/c1-2-19-10-5-3-4-6-11(10)20-13-12(15)9(14(17)18)7-8-16-13/h3-8H,2H2,1H3,(H,17,18). The van der Waals surface area contributed by atoms with Crippen molar-refractivity contribution < 1.29 is 23.8 Å². The summed E-state index contributed by atoms with van der Waals surface area (Å²) in [4.78, 5) is 14.5. The Labute approximate surface area is 114 Å². The van der Waals surface area contributed by atoms with Gasteiger partial charge in [0.2, 0.25) is 0 Å². The minimum Gasteiger partial charge on any atom is -0.490 e. The van der Waals surface area contributed by atoms with Crippen LogP contribution in [-0.4, -0.2) is 22.7 Å². The van der Waals surface area contributed by atoms with Gasteiger partial charge < -0.3 is 14.6 Å². The third kappa shape index (κ3) is 2.85. The highest BCUT2D eigenvalue weighted by atomic mass is 19.1. The van der Waals surface area contributed by atoms with Crippen molar-refractivity contribution in [3.8, 4) is 17.4 Å². The fourth-order valence-electron chi connectivity index (χ4n) is 1.57. The lowest BCUT2D eigenvalue weighted by Gasteiger charge is -2.11. The molecule has 6 heteroatoms. The summed E-state index contributed by atoms with van der Waals surface area (Å²) in [6.45, 7) is 2.23. The molecule has 1 aromatic carbocycles. The molecule has 0 fully saturated rings. The number of benzene rings is 1. The van der Waals surface area contributed by atoms with Gasteiger partial charge in [0.1, 0.15) is 5.56 Å². The first-order valence-corrected chi connectivity index (χ1v) is 5.91. The first-order chi connectivity index (χ1) is 9.63. The second-order valence-corrected chi connectivity index (χ2v) is 3.76. The number of carbonyl (C=O) groups is 1. The van der Waals surface area contributed by atoms with Crippen LogP contribution in [0.25, 0.3) is 0 Å². The van der Waals surface area contributed by atoms with E-state index in [4.69, 9.17) is 14.6 Å². The van der Waals surface area contributed by atoms with Gasteiger partial charge in [0.25, 0.3) is 5.88 Å². The molecular formula is C14H12FNO4. The van der Waals surface area contributed by atoms with Crippen LogP contribution in [0.3, 0.4) is 0 Å². The summed E-state index contributed by atoms with van der Waals surface area (Å²) in [5.74, 6) is -2.11. The zero-order valence-electron chi connectivity index (χ0n) is 10.7. The number of hydrogen-bond acceptors (Lipinski definition) is 4. The molecule has 0 atom stereocenters. The number of rotatable bonds is 5. The molecule has 0 amide bonds. The van der Waals surface area contributed by atoms with Gasteiger partial charge in [-0.25, -0.2) is 14.2 Å². The number of halogens is 1. The van der Waals surface area contributed by atoms with E-state index in [1.165, 1.54) is 6.20 Å². The molecule has 0 aliphatic heterocycles. The molecule has 0 saturated carbocycles. The van der Waals surface area contributed by atoms with Crippen LogP contribution in [0, 0.1) is 5.82 Å². The van der Waals surface area contributed by atoms with E-state index in [0.29, 0.717) is 12.4 Å². The molecule has 0 bridgehead atoms. The highest BCUT2D eigenvalue weighted by Gasteiger charge is 2.17. The van der Waals surface area contributed by atoms with Crippen LogP contribution in [0.15, 0.2) is 36.5 Å². The Kier molecular flexibility index (Phi) is 4.14. The lowest BCUT2D eigenvalue weighted by molar-refractivity contribution is 0.0690. The van der Waals surface area contributed by atoms with Crippen molar-refractivity contribution in [2.75, 3.05) is 6.61 Å². The van der Waals surface area contributed by atoms with E-state index < -0.39 is 23.2 Å². The van der Waals surface area contributed by atoms with Crippen molar-refractivity contribution in [2.45, 2.75) is 6.92 Å². The molecular weight excluding hydrogens is 265 g/mol. The third-order valence-electron chi connectivity index (χ3n) is 2.44. The van der Waals surface area contributed by atoms with Crippen LogP contribution in [0.5, 0.6) is 17.4 Å². The van der Waals surface area contributed by atoms with Crippen LogP contribution >= 0.6 is 0 Å². The van der Waals surface area contributed by atoms with Gasteiger partial charge in [-0.2, -0.15) is 0 Å². The van der Waals surface area contributed by atoms with Gasteiger partial charge in [0, 0.05) is 6.20 Å². The molecule has 0 spiro atoms. The molecule has 2 aromatic rings. The Balaban J connectivity index is 2.35. The fraction of sp³-hybridized carbons (Fsp3) is 0.143. The van der Waals surface area contributed by atoms with Gasteiger partial charge in [-0.05, 0) is 25.1 Å². The highest BCUT2D eigenvalue weighted by molar-refractivity contribution is 5.88. The van der Waals surface area contributed by atoms with Gasteiger partial charge >= 0.3 is 5.97 Å². The number of ether oxygens (including phenoxy) is 2. The summed E-state index contributed by atoms with van der Waals surface area (Å²) in [5, 5.41) is 8.85. The smallest absolute Gasteiger partial charge is 0.338 e. The van der Waals surface area contributed by atoms with E-state index in [0.717, 1.165) is 6.07 Å². The molecule has 0 radical (unpaired) electrons. The van der Waals surface area contributed by atoms with Crippen molar-refractivity contribution >= 4 is 5.97 Å². The number of aromatic carboxylic acids is 1. The van der Waals surface area contributed by atoms with Crippen molar-refractivity contribution in [3.63, 3.8) is 0 Å². The highest BCUT2D eigenvalue weighted by Crippen LogP contribution is 2.32. The molecule has 1 heterocycles. The quantitative estimate of drug-likeness (QED) is 0.909. The molecule has 104 valence electrons. The number of nitrogens with zero attached hydrogens (tertiary/aromatic N) is 1. The van der Waals surface area contributed by atoms with Crippen LogP contribution < -0.4 is 9.47 Å². The molecule has 5 nitrogen and oxygen atoms in total. The number of pyridine rings is 1. The Bertz CT molecular complexity index is 630. The lowest BCUT2D eigenvalue weighted by Crippen LogP contribution is -2.04. The summed E-state index contributed by atoms with van der Waals surface area (Å²) in [7, 11) is 0. The topological polar surface area (TPSA) is 68.7 Å². The lowest BCUT2D eigenvalue weighted by atomic mass is 10.2. The summed E-state index contributed by atoms with van der Waals surface area (Å²) >= 11 is 0. The molecule has 1 N–H and O–H groups in total. The number of hydrogen-bond donors (Lipinski definition) is 1. The second kappa shape index (κ2) is 6.01. The average Bonchev–Trinajstić information content (AvgIpc) is 2.43. The second-order valence-electron chi connectivity index (χ2n) is 3.76. The van der Waals surface area contributed by atoms with E-state index in [9.17, 15) is 9.18 Å². The van der Waals surface area contributed by atoms with Gasteiger partial charge in [-0.15, -0.1) is 0 Å². The number of para-hydroxylation sites is 2. The number of aromatic nitrogens is 1. The molecule has 0 aliphatic rings. The largest absolute Gasteiger partial charge is 0.490 e. The molecule has 1 aromatic heterocycles. The van der Waals surface area contributed by atoms with Crippen LogP contribution in [0.4, 0.5) is 4.39 Å². The Morgan fingerprint density at radius 3 is 2.65 bits per heavy atom. The van der Waals surface area contributed by atoms with E-state index in [2.05, 4.69) is 4.98 Å². The maximum Gasteiger partial charge on any atom is 0.338 e. The monoisotopic (exact) mass is 277 g/mol.